The van der Waals surface area contributed by atoms with Crippen molar-refractivity contribution in [3.05, 3.63) is 64.2 Å². The highest BCUT2D eigenvalue weighted by Crippen LogP contribution is 2.18. The van der Waals surface area contributed by atoms with Crippen molar-refractivity contribution in [1.29, 1.82) is 0 Å². The Bertz CT molecular complexity index is 611. The van der Waals surface area contributed by atoms with Gasteiger partial charge in [-0.05, 0) is 48.4 Å². The van der Waals surface area contributed by atoms with E-state index >= 15 is 0 Å². The molecular weight excluding hydrogens is 260 g/mol. The average molecular weight is 275 g/mol. The van der Waals surface area contributed by atoms with Gasteiger partial charge in [-0.25, -0.2) is 0 Å². The van der Waals surface area contributed by atoms with Gasteiger partial charge in [0, 0.05) is 22.8 Å². The van der Waals surface area contributed by atoms with Gasteiger partial charge in [-0.1, -0.05) is 23.7 Å². The maximum absolute atomic E-state index is 12.1. The molecule has 0 aromatic heterocycles. The molecule has 3 nitrogen and oxygen atoms in total. The first-order valence-electron chi connectivity index (χ1n) is 5.96. The largest absolute Gasteiger partial charge is 0.326 e. The van der Waals surface area contributed by atoms with Gasteiger partial charge in [-0.15, -0.1) is 0 Å². The van der Waals surface area contributed by atoms with Crippen molar-refractivity contribution in [1.82, 2.24) is 0 Å². The van der Waals surface area contributed by atoms with Crippen LogP contribution < -0.4 is 11.1 Å². The molecule has 2 rings (SSSR count). The van der Waals surface area contributed by atoms with Crippen LogP contribution in [-0.4, -0.2) is 5.91 Å². The summed E-state index contributed by atoms with van der Waals surface area (Å²) < 4.78 is 0. The Labute approximate surface area is 117 Å². The van der Waals surface area contributed by atoms with Gasteiger partial charge in [0.25, 0.3) is 5.91 Å². The molecule has 2 aromatic carbocycles. The van der Waals surface area contributed by atoms with Crippen molar-refractivity contribution in [2.24, 2.45) is 5.73 Å². The molecule has 0 radical (unpaired) electrons. The molecule has 0 heterocycles. The zero-order valence-electron chi connectivity index (χ0n) is 10.6. The van der Waals surface area contributed by atoms with E-state index in [4.69, 9.17) is 17.3 Å². The normalized spacial score (nSPS) is 10.3. The maximum atomic E-state index is 12.1. The number of hydrogen-bond donors (Lipinski definition) is 2. The lowest BCUT2D eigenvalue weighted by Gasteiger charge is -2.08. The fourth-order valence-corrected chi connectivity index (χ4v) is 1.88. The molecule has 1 amide bonds. The van der Waals surface area contributed by atoms with E-state index in [1.165, 1.54) is 0 Å². The highest BCUT2D eigenvalue weighted by molar-refractivity contribution is 6.31. The standard InChI is InChI=1S/C15H15ClN2O/c1-10-7-12(5-6-14(10)16)15(19)18-13-4-2-3-11(8-13)9-17/h2-8H,9,17H2,1H3,(H,18,19). The summed E-state index contributed by atoms with van der Waals surface area (Å²) in [6.45, 7) is 2.32. The van der Waals surface area contributed by atoms with E-state index in [0.717, 1.165) is 16.8 Å². The van der Waals surface area contributed by atoms with Crippen LogP contribution >= 0.6 is 11.6 Å². The minimum atomic E-state index is -0.158. The SMILES string of the molecule is Cc1cc(C(=O)Nc2cccc(CN)c2)ccc1Cl. The number of rotatable bonds is 3. The lowest BCUT2D eigenvalue weighted by atomic mass is 10.1. The molecule has 2 aromatic rings. The zero-order chi connectivity index (χ0) is 13.8. The van der Waals surface area contributed by atoms with Gasteiger partial charge in [-0.3, -0.25) is 4.79 Å². The predicted molar refractivity (Wildman–Crippen MR) is 78.5 cm³/mol. The minimum Gasteiger partial charge on any atom is -0.326 e. The van der Waals surface area contributed by atoms with Gasteiger partial charge in [0.1, 0.15) is 0 Å². The second-order valence-electron chi connectivity index (χ2n) is 4.32. The van der Waals surface area contributed by atoms with E-state index in [2.05, 4.69) is 5.32 Å². The van der Waals surface area contributed by atoms with Crippen molar-refractivity contribution in [2.45, 2.75) is 13.5 Å². The van der Waals surface area contributed by atoms with Crippen LogP contribution in [0.2, 0.25) is 5.02 Å². The molecular formula is C15H15ClN2O. The van der Waals surface area contributed by atoms with E-state index in [1.54, 1.807) is 18.2 Å². The first-order chi connectivity index (χ1) is 9.10. The van der Waals surface area contributed by atoms with E-state index < -0.39 is 0 Å². The Morgan fingerprint density at radius 2 is 2.05 bits per heavy atom. The third-order valence-corrected chi connectivity index (χ3v) is 3.26. The number of benzene rings is 2. The third kappa shape index (κ3) is 3.34. The molecule has 0 bridgehead atoms. The van der Waals surface area contributed by atoms with Crippen LogP contribution in [0.5, 0.6) is 0 Å². The van der Waals surface area contributed by atoms with Gasteiger partial charge in [-0.2, -0.15) is 0 Å². The van der Waals surface area contributed by atoms with Crippen LogP contribution in [0.15, 0.2) is 42.5 Å². The molecule has 19 heavy (non-hydrogen) atoms. The summed E-state index contributed by atoms with van der Waals surface area (Å²) >= 11 is 5.94. The molecule has 0 spiro atoms. The first-order valence-corrected chi connectivity index (χ1v) is 6.34. The molecule has 0 fully saturated rings. The van der Waals surface area contributed by atoms with Crippen molar-refractivity contribution < 1.29 is 4.79 Å². The topological polar surface area (TPSA) is 55.1 Å². The molecule has 98 valence electrons. The first kappa shape index (κ1) is 13.6. The lowest BCUT2D eigenvalue weighted by molar-refractivity contribution is 0.102. The Morgan fingerprint density at radius 3 is 2.74 bits per heavy atom. The lowest BCUT2D eigenvalue weighted by Crippen LogP contribution is -2.12. The summed E-state index contributed by atoms with van der Waals surface area (Å²) in [5.74, 6) is -0.158. The molecule has 0 aliphatic heterocycles. The van der Waals surface area contributed by atoms with Crippen LogP contribution in [0.25, 0.3) is 0 Å². The number of anilines is 1. The molecule has 0 saturated heterocycles. The van der Waals surface area contributed by atoms with Crippen LogP contribution in [-0.2, 0) is 6.54 Å². The minimum absolute atomic E-state index is 0.158. The summed E-state index contributed by atoms with van der Waals surface area (Å²) in [5.41, 5.74) is 8.75. The number of hydrogen-bond acceptors (Lipinski definition) is 2. The summed E-state index contributed by atoms with van der Waals surface area (Å²) in [7, 11) is 0. The molecule has 4 heteroatoms. The van der Waals surface area contributed by atoms with Crippen LogP contribution in [0.1, 0.15) is 21.5 Å². The highest BCUT2D eigenvalue weighted by atomic mass is 35.5. The number of nitrogens with two attached hydrogens (primary N) is 1. The van der Waals surface area contributed by atoms with Crippen LogP contribution in [0.3, 0.4) is 0 Å². The highest BCUT2D eigenvalue weighted by Gasteiger charge is 2.07. The fraction of sp³-hybridized carbons (Fsp3) is 0.133. The number of carbonyl (C=O) groups excluding carboxylic acids is 1. The fourth-order valence-electron chi connectivity index (χ4n) is 1.77. The molecule has 0 unspecified atom stereocenters. The number of nitrogens with one attached hydrogen (secondary N) is 1. The van der Waals surface area contributed by atoms with Crippen molar-refractivity contribution in [2.75, 3.05) is 5.32 Å². The molecule has 0 saturated carbocycles. The Balaban J connectivity index is 2.18. The third-order valence-electron chi connectivity index (χ3n) is 2.84. The predicted octanol–water partition coefficient (Wildman–Crippen LogP) is 3.36. The van der Waals surface area contributed by atoms with Crippen LogP contribution in [0.4, 0.5) is 5.69 Å². The summed E-state index contributed by atoms with van der Waals surface area (Å²) in [6, 6.07) is 12.7. The molecule has 0 aliphatic rings. The molecule has 0 aliphatic carbocycles. The monoisotopic (exact) mass is 274 g/mol. The van der Waals surface area contributed by atoms with Gasteiger partial charge in [0.2, 0.25) is 0 Å². The quantitative estimate of drug-likeness (QED) is 0.902. The zero-order valence-corrected chi connectivity index (χ0v) is 11.4. The van der Waals surface area contributed by atoms with Gasteiger partial charge < -0.3 is 11.1 Å². The van der Waals surface area contributed by atoms with Gasteiger partial charge >= 0.3 is 0 Å². The Morgan fingerprint density at radius 1 is 1.26 bits per heavy atom. The summed E-state index contributed by atoms with van der Waals surface area (Å²) in [6.07, 6.45) is 0. The van der Waals surface area contributed by atoms with Crippen molar-refractivity contribution in [3.63, 3.8) is 0 Å². The summed E-state index contributed by atoms with van der Waals surface area (Å²) in [5, 5.41) is 3.50. The summed E-state index contributed by atoms with van der Waals surface area (Å²) in [4.78, 5) is 12.1. The van der Waals surface area contributed by atoms with E-state index in [1.807, 2.05) is 31.2 Å². The number of aryl methyl sites for hydroxylation is 1. The molecule has 3 N–H and O–H groups in total. The Hall–Kier alpha value is -1.84. The van der Waals surface area contributed by atoms with Gasteiger partial charge in [0.15, 0.2) is 0 Å². The number of halogens is 1. The number of amides is 1. The smallest absolute Gasteiger partial charge is 0.255 e. The van der Waals surface area contributed by atoms with Crippen molar-refractivity contribution >= 4 is 23.2 Å². The second kappa shape index (κ2) is 5.87. The molecule has 0 atom stereocenters. The van der Waals surface area contributed by atoms with E-state index in [0.29, 0.717) is 17.1 Å². The van der Waals surface area contributed by atoms with E-state index in [9.17, 15) is 4.79 Å². The average Bonchev–Trinajstić information content (AvgIpc) is 2.42. The van der Waals surface area contributed by atoms with Crippen molar-refractivity contribution in [3.8, 4) is 0 Å². The maximum Gasteiger partial charge on any atom is 0.255 e. The second-order valence-corrected chi connectivity index (χ2v) is 4.73. The van der Waals surface area contributed by atoms with E-state index in [-0.39, 0.29) is 5.91 Å². The number of carbonyl (C=O) groups is 1. The Kier molecular flexibility index (Phi) is 4.20. The van der Waals surface area contributed by atoms with Gasteiger partial charge in [0.05, 0.1) is 0 Å². The van der Waals surface area contributed by atoms with Crippen LogP contribution in [0, 0.1) is 6.92 Å².